The molecule has 0 radical (unpaired) electrons. The van der Waals surface area contributed by atoms with Gasteiger partial charge in [0.05, 0.1) is 23.7 Å². The zero-order chi connectivity index (χ0) is 15.9. The van der Waals surface area contributed by atoms with E-state index in [1.165, 1.54) is 11.3 Å². The highest BCUT2D eigenvalue weighted by molar-refractivity contribution is 7.13. The quantitative estimate of drug-likeness (QED) is 0.825. The fraction of sp³-hybridized carbons (Fsp3) is 0.353. The van der Waals surface area contributed by atoms with Gasteiger partial charge < -0.3 is 15.2 Å². The van der Waals surface area contributed by atoms with E-state index in [2.05, 4.69) is 5.32 Å². The fourth-order valence-corrected chi connectivity index (χ4v) is 2.77. The monoisotopic (exact) mass is 319 g/mol. The second-order valence-corrected chi connectivity index (χ2v) is 6.45. The first kappa shape index (κ1) is 16.7. The number of benzene rings is 1. The Balaban J connectivity index is 1.72. The highest BCUT2D eigenvalue weighted by Gasteiger charge is 2.12. The maximum Gasteiger partial charge on any atom is 0.261 e. The van der Waals surface area contributed by atoms with E-state index in [9.17, 15) is 9.90 Å². The number of hydrogen-bond acceptors (Lipinski definition) is 4. The second-order valence-electron chi connectivity index (χ2n) is 5.16. The van der Waals surface area contributed by atoms with Gasteiger partial charge >= 0.3 is 0 Å². The molecule has 2 atom stereocenters. The minimum absolute atomic E-state index is 0.0912. The number of aliphatic hydroxyl groups excluding tert-OH is 1. The van der Waals surface area contributed by atoms with Crippen molar-refractivity contribution >= 4 is 17.2 Å². The van der Waals surface area contributed by atoms with Crippen molar-refractivity contribution in [2.24, 2.45) is 0 Å². The summed E-state index contributed by atoms with van der Waals surface area (Å²) in [6, 6.07) is 13.5. The third kappa shape index (κ3) is 4.94. The predicted octanol–water partition coefficient (Wildman–Crippen LogP) is 2.93. The lowest BCUT2D eigenvalue weighted by Gasteiger charge is -2.17. The zero-order valence-corrected chi connectivity index (χ0v) is 13.6. The van der Waals surface area contributed by atoms with Gasteiger partial charge in [-0.05, 0) is 31.5 Å². The zero-order valence-electron chi connectivity index (χ0n) is 12.8. The molecule has 1 amide bonds. The molecule has 2 aromatic rings. The van der Waals surface area contributed by atoms with Crippen LogP contribution in [0.15, 0.2) is 42.5 Å². The lowest BCUT2D eigenvalue weighted by atomic mass is 10.1. The van der Waals surface area contributed by atoms with Crippen LogP contribution in [0.2, 0.25) is 0 Å². The third-order valence-electron chi connectivity index (χ3n) is 3.27. The number of carbonyl (C=O) groups is 1. The molecule has 2 N–H and O–H groups in total. The summed E-state index contributed by atoms with van der Waals surface area (Å²) in [5, 5.41) is 12.6. The topological polar surface area (TPSA) is 58.6 Å². The number of aryl methyl sites for hydroxylation is 1. The molecule has 0 aliphatic heterocycles. The van der Waals surface area contributed by atoms with Crippen LogP contribution in [0, 0.1) is 6.92 Å². The SMILES string of the molecule is Cc1ccc(C(=O)NC[C@@H](O)CO[C@H](C)c2ccccc2)s1. The molecule has 1 aromatic heterocycles. The molecule has 22 heavy (non-hydrogen) atoms. The Morgan fingerprint density at radius 2 is 2.00 bits per heavy atom. The van der Waals surface area contributed by atoms with E-state index < -0.39 is 6.10 Å². The maximum atomic E-state index is 11.9. The fourth-order valence-electron chi connectivity index (χ4n) is 1.99. The third-order valence-corrected chi connectivity index (χ3v) is 4.27. The van der Waals surface area contributed by atoms with Crippen molar-refractivity contribution in [3.63, 3.8) is 0 Å². The molecular weight excluding hydrogens is 298 g/mol. The Bertz CT molecular complexity index is 597. The van der Waals surface area contributed by atoms with Crippen LogP contribution in [0.3, 0.4) is 0 Å². The Morgan fingerprint density at radius 1 is 1.27 bits per heavy atom. The molecule has 0 saturated heterocycles. The van der Waals surface area contributed by atoms with Crippen LogP contribution in [0.4, 0.5) is 0 Å². The van der Waals surface area contributed by atoms with E-state index in [1.54, 1.807) is 6.07 Å². The minimum Gasteiger partial charge on any atom is -0.389 e. The van der Waals surface area contributed by atoms with Crippen molar-refractivity contribution in [1.29, 1.82) is 0 Å². The van der Waals surface area contributed by atoms with Crippen LogP contribution in [0.1, 0.15) is 33.1 Å². The highest BCUT2D eigenvalue weighted by atomic mass is 32.1. The average molecular weight is 319 g/mol. The maximum absolute atomic E-state index is 11.9. The molecule has 4 nitrogen and oxygen atoms in total. The normalized spacial score (nSPS) is 13.6. The predicted molar refractivity (Wildman–Crippen MR) is 88.2 cm³/mol. The molecule has 0 aliphatic carbocycles. The molecule has 5 heteroatoms. The van der Waals surface area contributed by atoms with Gasteiger partial charge in [0.25, 0.3) is 5.91 Å². The largest absolute Gasteiger partial charge is 0.389 e. The van der Waals surface area contributed by atoms with Gasteiger partial charge in [-0.3, -0.25) is 4.79 Å². The second kappa shape index (κ2) is 8.08. The molecule has 0 spiro atoms. The van der Waals surface area contributed by atoms with Crippen LogP contribution in [-0.4, -0.2) is 30.3 Å². The van der Waals surface area contributed by atoms with Gasteiger partial charge in [-0.25, -0.2) is 0 Å². The average Bonchev–Trinajstić information content (AvgIpc) is 2.97. The molecule has 2 rings (SSSR count). The smallest absolute Gasteiger partial charge is 0.261 e. The number of carbonyl (C=O) groups excluding carboxylic acids is 1. The first-order valence-electron chi connectivity index (χ1n) is 7.25. The van der Waals surface area contributed by atoms with Crippen LogP contribution in [-0.2, 0) is 4.74 Å². The summed E-state index contributed by atoms with van der Waals surface area (Å²) in [6.45, 7) is 4.25. The molecule has 1 aromatic carbocycles. The van der Waals surface area contributed by atoms with Crippen molar-refractivity contribution in [2.45, 2.75) is 26.1 Å². The van der Waals surface area contributed by atoms with Crippen LogP contribution >= 0.6 is 11.3 Å². The Hall–Kier alpha value is -1.69. The van der Waals surface area contributed by atoms with E-state index in [-0.39, 0.29) is 25.2 Å². The summed E-state index contributed by atoms with van der Waals surface area (Å²) in [5.41, 5.74) is 1.06. The minimum atomic E-state index is -0.726. The number of ether oxygens (including phenoxy) is 1. The molecule has 0 aliphatic rings. The molecular formula is C17H21NO3S. The number of nitrogens with one attached hydrogen (secondary N) is 1. The van der Waals surface area contributed by atoms with Crippen molar-refractivity contribution < 1.29 is 14.6 Å². The summed E-state index contributed by atoms with van der Waals surface area (Å²) in [7, 11) is 0. The van der Waals surface area contributed by atoms with Gasteiger partial charge in [-0.2, -0.15) is 0 Å². The summed E-state index contributed by atoms with van der Waals surface area (Å²) >= 11 is 1.44. The first-order valence-corrected chi connectivity index (χ1v) is 8.07. The first-order chi connectivity index (χ1) is 10.6. The van der Waals surface area contributed by atoms with Gasteiger partial charge in [0.15, 0.2) is 0 Å². The summed E-state index contributed by atoms with van der Waals surface area (Å²) in [6.07, 6.45) is -0.817. The Kier molecular flexibility index (Phi) is 6.12. The summed E-state index contributed by atoms with van der Waals surface area (Å²) in [5.74, 6) is -0.159. The number of amides is 1. The van der Waals surface area contributed by atoms with Gasteiger partial charge in [0.2, 0.25) is 0 Å². The lowest BCUT2D eigenvalue weighted by molar-refractivity contribution is -0.00169. The van der Waals surface area contributed by atoms with Gasteiger partial charge in [-0.15, -0.1) is 11.3 Å². The summed E-state index contributed by atoms with van der Waals surface area (Å²) < 4.78 is 5.63. The van der Waals surface area contributed by atoms with Gasteiger partial charge in [-0.1, -0.05) is 30.3 Å². The van der Waals surface area contributed by atoms with Crippen molar-refractivity contribution in [3.05, 3.63) is 57.8 Å². The van der Waals surface area contributed by atoms with Crippen LogP contribution < -0.4 is 5.32 Å². The molecule has 118 valence electrons. The van der Waals surface area contributed by atoms with E-state index in [0.29, 0.717) is 4.88 Å². The van der Waals surface area contributed by atoms with E-state index in [4.69, 9.17) is 4.74 Å². The molecule has 0 saturated carbocycles. The van der Waals surface area contributed by atoms with Crippen molar-refractivity contribution in [2.75, 3.05) is 13.2 Å². The van der Waals surface area contributed by atoms with Crippen LogP contribution in [0.25, 0.3) is 0 Å². The highest BCUT2D eigenvalue weighted by Crippen LogP contribution is 2.16. The van der Waals surface area contributed by atoms with Crippen molar-refractivity contribution in [3.8, 4) is 0 Å². The Labute approximate surface area is 134 Å². The van der Waals surface area contributed by atoms with Gasteiger partial charge in [0.1, 0.15) is 0 Å². The standard InChI is InChI=1S/C17H21NO3S/c1-12-8-9-16(22-12)17(20)18-10-15(19)11-21-13(2)14-6-4-3-5-7-14/h3-9,13,15,19H,10-11H2,1-2H3,(H,18,20)/t13-,15-/m1/s1. The summed E-state index contributed by atoms with van der Waals surface area (Å²) in [4.78, 5) is 13.6. The molecule has 0 bridgehead atoms. The van der Waals surface area contributed by atoms with E-state index in [1.807, 2.05) is 50.2 Å². The van der Waals surface area contributed by atoms with Gasteiger partial charge in [0, 0.05) is 11.4 Å². The Morgan fingerprint density at radius 3 is 2.64 bits per heavy atom. The lowest BCUT2D eigenvalue weighted by Crippen LogP contribution is -2.34. The molecule has 1 heterocycles. The molecule has 0 unspecified atom stereocenters. The number of hydrogen-bond donors (Lipinski definition) is 2. The molecule has 0 fully saturated rings. The number of thiophene rings is 1. The van der Waals surface area contributed by atoms with Crippen molar-refractivity contribution in [1.82, 2.24) is 5.32 Å². The number of aliphatic hydroxyl groups is 1. The van der Waals surface area contributed by atoms with E-state index >= 15 is 0 Å². The van der Waals surface area contributed by atoms with Crippen LogP contribution in [0.5, 0.6) is 0 Å². The number of rotatable bonds is 7. The van der Waals surface area contributed by atoms with E-state index in [0.717, 1.165) is 10.4 Å².